The topological polar surface area (TPSA) is 0 Å². The van der Waals surface area contributed by atoms with Crippen LogP contribution in [-0.4, -0.2) is 31.2 Å². The molecule has 2 spiro atoms. The summed E-state index contributed by atoms with van der Waals surface area (Å²) in [5, 5.41) is 0. The number of hydrogen-bond donors (Lipinski definition) is 0. The van der Waals surface area contributed by atoms with Crippen molar-refractivity contribution < 1.29 is 0 Å². The Kier molecular flexibility index (Phi) is 2.71. The Morgan fingerprint density at radius 1 is 0.562 bits per heavy atom. The van der Waals surface area contributed by atoms with Gasteiger partial charge in [-0.05, 0) is 0 Å². The van der Waals surface area contributed by atoms with Gasteiger partial charge in [-0.15, -0.1) is 47.0 Å². The third-order valence-corrected chi connectivity index (χ3v) is 14.0. The van der Waals surface area contributed by atoms with Gasteiger partial charge in [-0.3, -0.25) is 0 Å². The van der Waals surface area contributed by atoms with Crippen molar-refractivity contribution in [2.45, 2.75) is 35.9 Å². The zero-order valence-corrected chi connectivity index (χ0v) is 13.7. The normalized spacial score (nSPS) is 36.8. The molecule has 4 heteroatoms. The maximum Gasteiger partial charge on any atom is 0.0756 e. The monoisotopic (exact) mass is 292 g/mol. The van der Waals surface area contributed by atoms with Crippen LogP contribution < -0.4 is 0 Å². The molecule has 0 amide bonds. The standard InChI is InChI=1S/C12H20S4/c1-9(2)11(13-5-6-14-11)10(3,4)12(9)15-7-8-16-12/h5-8H2,1-4H3. The average Bonchev–Trinajstić information content (AvgIpc) is 2.89. The minimum Gasteiger partial charge on any atom is -0.142 e. The summed E-state index contributed by atoms with van der Waals surface area (Å²) in [7, 11) is 0. The lowest BCUT2D eigenvalue weighted by molar-refractivity contribution is 0.00508. The largest absolute Gasteiger partial charge is 0.142 e. The van der Waals surface area contributed by atoms with E-state index in [4.69, 9.17) is 0 Å². The van der Waals surface area contributed by atoms with E-state index in [2.05, 4.69) is 74.7 Å². The minimum atomic E-state index is 0.459. The van der Waals surface area contributed by atoms with Gasteiger partial charge in [0, 0.05) is 33.8 Å². The molecule has 0 aromatic carbocycles. The van der Waals surface area contributed by atoms with Crippen molar-refractivity contribution in [2.75, 3.05) is 23.0 Å². The lowest BCUT2D eigenvalue weighted by Gasteiger charge is -2.75. The van der Waals surface area contributed by atoms with Crippen LogP contribution in [0.4, 0.5) is 0 Å². The van der Waals surface area contributed by atoms with Gasteiger partial charge in [0.05, 0.1) is 8.16 Å². The fraction of sp³-hybridized carbons (Fsp3) is 1.00. The molecule has 2 aliphatic heterocycles. The lowest BCUT2D eigenvalue weighted by Crippen LogP contribution is -2.76. The highest BCUT2D eigenvalue weighted by Gasteiger charge is 2.82. The van der Waals surface area contributed by atoms with Crippen LogP contribution in [0.25, 0.3) is 0 Å². The van der Waals surface area contributed by atoms with Crippen LogP contribution in [0.2, 0.25) is 0 Å². The molecule has 1 aliphatic carbocycles. The highest BCUT2D eigenvalue weighted by atomic mass is 32.2. The first-order valence-electron chi connectivity index (χ1n) is 5.97. The van der Waals surface area contributed by atoms with Crippen molar-refractivity contribution in [1.82, 2.24) is 0 Å². The maximum atomic E-state index is 2.52. The van der Waals surface area contributed by atoms with Crippen LogP contribution in [0.1, 0.15) is 27.7 Å². The van der Waals surface area contributed by atoms with Gasteiger partial charge in [0.15, 0.2) is 0 Å². The number of rotatable bonds is 0. The van der Waals surface area contributed by atoms with E-state index in [-0.39, 0.29) is 0 Å². The van der Waals surface area contributed by atoms with Crippen molar-refractivity contribution in [3.8, 4) is 0 Å². The molecule has 1 saturated carbocycles. The third kappa shape index (κ3) is 1.04. The number of thioether (sulfide) groups is 4. The smallest absolute Gasteiger partial charge is 0.0756 e. The molecule has 92 valence electrons. The van der Waals surface area contributed by atoms with Gasteiger partial charge in [0.2, 0.25) is 0 Å². The second-order valence-electron chi connectivity index (χ2n) is 5.88. The summed E-state index contributed by atoms with van der Waals surface area (Å²) in [6.45, 7) is 10.1. The summed E-state index contributed by atoms with van der Waals surface area (Å²) in [4.78, 5) is 0. The quantitative estimate of drug-likeness (QED) is 0.648. The average molecular weight is 293 g/mol. The predicted octanol–water partition coefficient (Wildman–Crippen LogP) is 4.41. The minimum absolute atomic E-state index is 0.459. The summed E-state index contributed by atoms with van der Waals surface area (Å²) in [6, 6.07) is 0. The zero-order chi connectivity index (χ0) is 11.7. The molecule has 0 bridgehead atoms. The van der Waals surface area contributed by atoms with E-state index in [0.717, 1.165) is 0 Å². The predicted molar refractivity (Wildman–Crippen MR) is 82.9 cm³/mol. The zero-order valence-electron chi connectivity index (χ0n) is 10.5. The summed E-state index contributed by atoms with van der Waals surface area (Å²) in [5.74, 6) is 5.40. The Balaban J connectivity index is 2.06. The Labute approximate surface area is 116 Å². The molecule has 0 aromatic rings. The molecule has 0 radical (unpaired) electrons. The summed E-state index contributed by atoms with van der Waals surface area (Å²) in [6.07, 6.45) is 0. The first-order chi connectivity index (χ1) is 7.41. The maximum absolute atomic E-state index is 2.52. The van der Waals surface area contributed by atoms with E-state index in [1.165, 1.54) is 23.0 Å². The third-order valence-electron chi connectivity index (χ3n) is 4.68. The Morgan fingerprint density at radius 3 is 1.06 bits per heavy atom. The van der Waals surface area contributed by atoms with Crippen molar-refractivity contribution in [2.24, 2.45) is 10.8 Å². The second-order valence-corrected chi connectivity index (χ2v) is 11.6. The summed E-state index contributed by atoms with van der Waals surface area (Å²) < 4.78 is 0.953. The van der Waals surface area contributed by atoms with Crippen molar-refractivity contribution >= 4 is 47.0 Å². The van der Waals surface area contributed by atoms with E-state index in [1.807, 2.05) is 0 Å². The Bertz CT molecular complexity index is 261. The van der Waals surface area contributed by atoms with Crippen LogP contribution in [0, 0.1) is 10.8 Å². The van der Waals surface area contributed by atoms with Gasteiger partial charge >= 0.3 is 0 Å². The van der Waals surface area contributed by atoms with Crippen LogP contribution in [0.15, 0.2) is 0 Å². The molecule has 3 aliphatic rings. The van der Waals surface area contributed by atoms with Crippen LogP contribution in [-0.2, 0) is 0 Å². The van der Waals surface area contributed by atoms with Crippen molar-refractivity contribution in [3.63, 3.8) is 0 Å². The van der Waals surface area contributed by atoms with Gasteiger partial charge in [-0.25, -0.2) is 0 Å². The van der Waals surface area contributed by atoms with Crippen LogP contribution in [0.3, 0.4) is 0 Å². The molecule has 3 rings (SSSR count). The second kappa shape index (κ2) is 3.49. The first-order valence-corrected chi connectivity index (χ1v) is 9.91. The van der Waals surface area contributed by atoms with Crippen molar-refractivity contribution in [3.05, 3.63) is 0 Å². The van der Waals surface area contributed by atoms with E-state index < -0.39 is 0 Å². The lowest BCUT2D eigenvalue weighted by atomic mass is 9.53. The fourth-order valence-corrected chi connectivity index (χ4v) is 13.0. The molecule has 16 heavy (non-hydrogen) atoms. The molecule has 0 atom stereocenters. The van der Waals surface area contributed by atoms with E-state index in [9.17, 15) is 0 Å². The molecule has 0 N–H and O–H groups in total. The van der Waals surface area contributed by atoms with E-state index in [0.29, 0.717) is 19.0 Å². The van der Waals surface area contributed by atoms with Crippen LogP contribution >= 0.6 is 47.0 Å². The van der Waals surface area contributed by atoms with Gasteiger partial charge in [0.25, 0.3) is 0 Å². The van der Waals surface area contributed by atoms with Gasteiger partial charge in [-0.2, -0.15) is 0 Å². The molecular formula is C12H20S4. The highest BCUT2D eigenvalue weighted by molar-refractivity contribution is 8.24. The molecule has 3 fully saturated rings. The Hall–Kier alpha value is 1.40. The van der Waals surface area contributed by atoms with Gasteiger partial charge < -0.3 is 0 Å². The molecule has 2 heterocycles. The molecule has 0 nitrogen and oxygen atoms in total. The highest BCUT2D eigenvalue weighted by Crippen LogP contribution is 2.86. The van der Waals surface area contributed by atoms with E-state index >= 15 is 0 Å². The molecule has 0 aromatic heterocycles. The molecule has 2 saturated heterocycles. The van der Waals surface area contributed by atoms with Crippen LogP contribution in [0.5, 0.6) is 0 Å². The SMILES string of the molecule is CC1(C)C2(SCCS2)C(C)(C)C12SCCS2. The van der Waals surface area contributed by atoms with Crippen molar-refractivity contribution in [1.29, 1.82) is 0 Å². The van der Waals surface area contributed by atoms with Gasteiger partial charge in [0.1, 0.15) is 0 Å². The molecular weight excluding hydrogens is 272 g/mol. The Morgan fingerprint density at radius 2 is 0.812 bits per heavy atom. The number of hydrogen-bond acceptors (Lipinski definition) is 4. The summed E-state index contributed by atoms with van der Waals surface area (Å²) >= 11 is 8.97. The fourth-order valence-electron chi connectivity index (χ4n) is 4.20. The van der Waals surface area contributed by atoms with Gasteiger partial charge in [-0.1, -0.05) is 27.7 Å². The van der Waals surface area contributed by atoms with E-state index in [1.54, 1.807) is 0 Å². The summed E-state index contributed by atoms with van der Waals surface area (Å²) in [5.41, 5.74) is 0.919. The molecule has 0 unspecified atom stereocenters. The first kappa shape index (κ1) is 12.4.